The summed E-state index contributed by atoms with van der Waals surface area (Å²) in [5, 5.41) is 18.5. The monoisotopic (exact) mass is 478 g/mol. The summed E-state index contributed by atoms with van der Waals surface area (Å²) in [5.41, 5.74) is 1.34. The van der Waals surface area contributed by atoms with Crippen LogP contribution in [-0.4, -0.2) is 68.0 Å². The van der Waals surface area contributed by atoms with E-state index in [2.05, 4.69) is 5.16 Å². The minimum atomic E-state index is -0.550. The molecule has 2 aliphatic heterocycles. The molecule has 0 bridgehead atoms. The Hall–Kier alpha value is -3.17. The van der Waals surface area contributed by atoms with Crippen molar-refractivity contribution in [2.75, 3.05) is 38.2 Å². The molecule has 3 N–H and O–H groups in total. The number of benzene rings is 1. The standard InChI is InChI=1S/C24H33F2N5O3/c1-16(2)33-24(28)31-12-8-19(9-13-31)34-29-18-6-10-30(11-7-18)22-15-20(25)17(14-21(22)26)4-5-23(27)32-3/h4-5,14-16,19,27-28H,6-13H2,1-3H3/p+1/b5-4+,27-23?,28-24?. The van der Waals surface area contributed by atoms with Gasteiger partial charge in [0.25, 0.3) is 6.02 Å². The predicted molar refractivity (Wildman–Crippen MR) is 127 cm³/mol. The Morgan fingerprint density at radius 3 is 2.38 bits per heavy atom. The first-order valence-corrected chi connectivity index (χ1v) is 11.6. The molecule has 0 aliphatic carbocycles. The molecule has 0 aromatic heterocycles. The summed E-state index contributed by atoms with van der Waals surface area (Å²) in [6.07, 6.45) is 5.57. The molecule has 2 heterocycles. The van der Waals surface area contributed by atoms with E-state index in [1.165, 1.54) is 25.3 Å². The van der Waals surface area contributed by atoms with Crippen LogP contribution in [0.2, 0.25) is 0 Å². The van der Waals surface area contributed by atoms with Crippen LogP contribution in [0.25, 0.3) is 6.08 Å². The van der Waals surface area contributed by atoms with Gasteiger partial charge < -0.3 is 19.3 Å². The second-order valence-corrected chi connectivity index (χ2v) is 8.70. The lowest BCUT2D eigenvalue weighted by Crippen LogP contribution is -2.75. The van der Waals surface area contributed by atoms with Crippen molar-refractivity contribution in [3.63, 3.8) is 0 Å². The molecular formula is C24H34F2N5O3+. The second kappa shape index (κ2) is 11.8. The van der Waals surface area contributed by atoms with E-state index >= 15 is 0 Å². The summed E-state index contributed by atoms with van der Waals surface area (Å²) in [4.78, 5) is 9.62. The van der Waals surface area contributed by atoms with Gasteiger partial charge >= 0.3 is 0 Å². The van der Waals surface area contributed by atoms with Gasteiger partial charge in [-0.05, 0) is 31.1 Å². The Bertz CT molecular complexity index is 933. The van der Waals surface area contributed by atoms with Crippen molar-refractivity contribution in [1.82, 2.24) is 4.90 Å². The molecule has 0 atom stereocenters. The topological polar surface area (TPSA) is 95.8 Å². The number of amidine groups is 1. The molecule has 0 amide bonds. The smallest absolute Gasteiger partial charge is 0.284 e. The molecule has 0 unspecified atom stereocenters. The van der Waals surface area contributed by atoms with Gasteiger partial charge in [-0.2, -0.15) is 0 Å². The van der Waals surface area contributed by atoms with E-state index in [0.717, 1.165) is 24.6 Å². The van der Waals surface area contributed by atoms with E-state index in [1.807, 2.05) is 23.6 Å². The van der Waals surface area contributed by atoms with Gasteiger partial charge in [-0.3, -0.25) is 15.7 Å². The summed E-state index contributed by atoms with van der Waals surface area (Å²) in [6.45, 7) is 6.34. The number of hydrogen-bond donors (Lipinski definition) is 3. The van der Waals surface area contributed by atoms with E-state index < -0.39 is 11.6 Å². The minimum absolute atomic E-state index is 0.0124. The number of likely N-dealkylation sites (tertiary alicyclic amines) is 1. The predicted octanol–water partition coefficient (Wildman–Crippen LogP) is 2.48. The fraction of sp³-hybridized carbons (Fsp3) is 0.542. The second-order valence-electron chi connectivity index (χ2n) is 8.70. The largest absolute Gasteiger partial charge is 0.481 e. The number of nitrogens with zero attached hydrogens (tertiary/aromatic N) is 2. The highest BCUT2D eigenvalue weighted by Gasteiger charge is 2.27. The Kier molecular flexibility index (Phi) is 8.84. The molecule has 0 radical (unpaired) electrons. The lowest BCUT2D eigenvalue weighted by molar-refractivity contribution is -0.766. The minimum Gasteiger partial charge on any atom is -0.481 e. The summed E-state index contributed by atoms with van der Waals surface area (Å²) < 4.78 is 39.3. The average Bonchev–Trinajstić information content (AvgIpc) is 2.83. The van der Waals surface area contributed by atoms with Gasteiger partial charge in [0.2, 0.25) is 11.6 Å². The number of anilines is 1. The van der Waals surface area contributed by atoms with E-state index in [0.29, 0.717) is 39.0 Å². The molecule has 34 heavy (non-hydrogen) atoms. The SMILES string of the molecule is COC(=N)/C=C/c1cc(F)c(N2CCC(=[NH+]OC3CCN(C(=N)OC(C)C)CC3)CC2)cc1F. The van der Waals surface area contributed by atoms with Gasteiger partial charge in [0.15, 0.2) is 6.10 Å². The molecule has 1 aromatic carbocycles. The van der Waals surface area contributed by atoms with Crippen molar-refractivity contribution in [3.8, 4) is 0 Å². The normalized spacial score (nSPS) is 17.3. The number of halogens is 2. The van der Waals surface area contributed by atoms with Crippen molar-refractivity contribution in [2.45, 2.75) is 51.7 Å². The van der Waals surface area contributed by atoms with Crippen molar-refractivity contribution >= 4 is 29.4 Å². The van der Waals surface area contributed by atoms with E-state index in [4.69, 9.17) is 25.1 Å². The zero-order chi connectivity index (χ0) is 24.7. The highest BCUT2D eigenvalue weighted by atomic mass is 19.1. The number of methoxy groups -OCH3 is 1. The van der Waals surface area contributed by atoms with E-state index in [-0.39, 0.29) is 35.4 Å². The highest BCUT2D eigenvalue weighted by molar-refractivity contribution is 5.89. The van der Waals surface area contributed by atoms with Crippen LogP contribution in [0.15, 0.2) is 18.2 Å². The van der Waals surface area contributed by atoms with Gasteiger partial charge in [-0.15, -0.1) is 0 Å². The summed E-state index contributed by atoms with van der Waals surface area (Å²) in [6, 6.07) is 2.56. The molecule has 2 fully saturated rings. The fourth-order valence-corrected chi connectivity index (χ4v) is 3.92. The Labute approximate surface area is 199 Å². The van der Waals surface area contributed by atoms with Crippen LogP contribution in [0.1, 0.15) is 45.1 Å². The fourth-order valence-electron chi connectivity index (χ4n) is 3.92. The quantitative estimate of drug-likeness (QED) is 0.332. The van der Waals surface area contributed by atoms with Crippen LogP contribution in [0, 0.1) is 22.5 Å². The van der Waals surface area contributed by atoms with Crippen LogP contribution in [0.5, 0.6) is 0 Å². The first-order valence-electron chi connectivity index (χ1n) is 11.6. The third-order valence-electron chi connectivity index (χ3n) is 5.85. The molecule has 8 nitrogen and oxygen atoms in total. The third-order valence-corrected chi connectivity index (χ3v) is 5.85. The molecule has 2 aliphatic rings. The van der Waals surface area contributed by atoms with Crippen LogP contribution in [0.3, 0.4) is 0 Å². The number of rotatable bonds is 6. The highest BCUT2D eigenvalue weighted by Crippen LogP contribution is 2.26. The van der Waals surface area contributed by atoms with E-state index in [1.54, 1.807) is 0 Å². The molecule has 186 valence electrons. The average molecular weight is 479 g/mol. The number of piperidine rings is 2. The molecule has 0 spiro atoms. The van der Waals surface area contributed by atoms with Gasteiger partial charge in [0.1, 0.15) is 11.6 Å². The number of nitrogens with one attached hydrogen (secondary N) is 3. The van der Waals surface area contributed by atoms with Crippen molar-refractivity contribution < 1.29 is 28.2 Å². The first kappa shape index (κ1) is 25.5. The number of ether oxygens (including phenoxy) is 2. The zero-order valence-electron chi connectivity index (χ0n) is 20.0. The lowest BCUT2D eigenvalue weighted by atomic mass is 10.1. The summed E-state index contributed by atoms with van der Waals surface area (Å²) >= 11 is 0. The molecule has 2 saturated heterocycles. The van der Waals surface area contributed by atoms with Crippen molar-refractivity contribution in [1.29, 1.82) is 10.8 Å². The van der Waals surface area contributed by atoms with E-state index in [9.17, 15) is 8.78 Å². The van der Waals surface area contributed by atoms with Crippen molar-refractivity contribution in [3.05, 3.63) is 35.4 Å². The lowest BCUT2D eigenvalue weighted by Gasteiger charge is -2.31. The van der Waals surface area contributed by atoms with Crippen LogP contribution in [-0.2, 0) is 14.3 Å². The Balaban J connectivity index is 1.49. The maximum absolute atomic E-state index is 14.7. The zero-order valence-corrected chi connectivity index (χ0v) is 20.0. The Morgan fingerprint density at radius 1 is 1.09 bits per heavy atom. The molecular weight excluding hydrogens is 444 g/mol. The molecule has 1 aromatic rings. The van der Waals surface area contributed by atoms with Gasteiger partial charge in [0, 0.05) is 69.6 Å². The summed E-state index contributed by atoms with van der Waals surface area (Å²) in [5.74, 6) is -1.19. The molecule has 0 saturated carbocycles. The van der Waals surface area contributed by atoms with Crippen LogP contribution < -0.4 is 10.1 Å². The molecule has 10 heteroatoms. The van der Waals surface area contributed by atoms with Crippen molar-refractivity contribution in [2.24, 2.45) is 0 Å². The maximum atomic E-state index is 14.7. The van der Waals surface area contributed by atoms with Crippen LogP contribution in [0.4, 0.5) is 14.5 Å². The molecule has 3 rings (SSSR count). The van der Waals surface area contributed by atoms with Gasteiger partial charge in [-0.1, -0.05) is 0 Å². The third kappa shape index (κ3) is 6.91. The first-order chi connectivity index (χ1) is 16.3. The Morgan fingerprint density at radius 2 is 1.76 bits per heavy atom. The van der Waals surface area contributed by atoms with Gasteiger partial charge in [0.05, 0.1) is 18.9 Å². The maximum Gasteiger partial charge on any atom is 0.284 e. The van der Waals surface area contributed by atoms with Gasteiger partial charge in [-0.25, -0.2) is 8.78 Å². The number of hydrogen-bond acceptors (Lipinski definition) is 6. The van der Waals surface area contributed by atoms with Crippen LogP contribution >= 0.6 is 0 Å². The summed E-state index contributed by atoms with van der Waals surface area (Å²) in [7, 11) is 1.34.